The van der Waals surface area contributed by atoms with Gasteiger partial charge in [-0.1, -0.05) is 26.5 Å². The second-order valence-electron chi connectivity index (χ2n) is 11.0. The van der Waals surface area contributed by atoms with Crippen LogP contribution in [0.2, 0.25) is 0 Å². The molecule has 4 heterocycles. The van der Waals surface area contributed by atoms with Gasteiger partial charge in [0.1, 0.15) is 28.5 Å². The van der Waals surface area contributed by atoms with E-state index in [9.17, 15) is 18.5 Å². The summed E-state index contributed by atoms with van der Waals surface area (Å²) in [6.45, 7) is 15.0. The van der Waals surface area contributed by atoms with E-state index >= 15 is 0 Å². The van der Waals surface area contributed by atoms with Gasteiger partial charge in [-0.15, -0.1) is 0 Å². The molecule has 198 valence electrons. The third-order valence-electron chi connectivity index (χ3n) is 7.94. The first-order chi connectivity index (χ1) is 17.3. The van der Waals surface area contributed by atoms with Crippen LogP contribution in [0.5, 0.6) is 0 Å². The standard InChI is InChI=1S/C26H35N7O3S/c1-8-19(12-27)11-20(28-7)33-15-25(4,5)21-22(29-16-30-23(21)33)31-13-18(3)32(14-17(31)2)24(34)26(6)9-10-37(26,35)36/h8,11,16-18H,1,9-10,13-15H2,2-7H3/b19-11+,28-20?/t17?,18-,26?/m1/s1. The van der Waals surface area contributed by atoms with Crippen LogP contribution in [0, 0.1) is 11.3 Å². The minimum absolute atomic E-state index is 0.0681. The Morgan fingerprint density at radius 3 is 2.43 bits per heavy atom. The number of fused-ring (bicyclic) bond motifs is 1. The van der Waals surface area contributed by atoms with Gasteiger partial charge in [-0.25, -0.2) is 18.4 Å². The maximum Gasteiger partial charge on any atom is 0.244 e. The molecule has 0 spiro atoms. The quantitative estimate of drug-likeness (QED) is 0.254. The first-order valence-electron chi connectivity index (χ1n) is 12.5. The number of hydrogen-bond donors (Lipinski definition) is 0. The number of carbonyl (C=O) groups is 1. The molecule has 37 heavy (non-hydrogen) atoms. The summed E-state index contributed by atoms with van der Waals surface area (Å²) in [6.07, 6.45) is 5.10. The minimum atomic E-state index is -3.40. The van der Waals surface area contributed by atoms with Gasteiger partial charge in [0.15, 0.2) is 9.84 Å². The summed E-state index contributed by atoms with van der Waals surface area (Å²) in [7, 11) is -1.72. The summed E-state index contributed by atoms with van der Waals surface area (Å²) >= 11 is 0. The topological polar surface area (TPSA) is 123 Å². The predicted molar refractivity (Wildman–Crippen MR) is 144 cm³/mol. The Hall–Kier alpha value is -3.26. The van der Waals surface area contributed by atoms with Crippen LogP contribution >= 0.6 is 0 Å². The molecule has 1 aromatic rings. The van der Waals surface area contributed by atoms with Gasteiger partial charge >= 0.3 is 0 Å². The van der Waals surface area contributed by atoms with Gasteiger partial charge in [0.25, 0.3) is 0 Å². The van der Waals surface area contributed by atoms with Crippen molar-refractivity contribution >= 4 is 33.2 Å². The van der Waals surface area contributed by atoms with E-state index in [0.717, 1.165) is 17.2 Å². The van der Waals surface area contributed by atoms with Crippen molar-refractivity contribution in [2.24, 2.45) is 4.99 Å². The molecule has 4 rings (SSSR count). The second-order valence-corrected chi connectivity index (χ2v) is 13.5. The number of piperazine rings is 1. The molecule has 1 amide bonds. The van der Waals surface area contributed by atoms with Crippen LogP contribution in [-0.4, -0.2) is 84.3 Å². The van der Waals surface area contributed by atoms with Crippen LogP contribution in [0.1, 0.15) is 46.6 Å². The third kappa shape index (κ3) is 4.21. The Morgan fingerprint density at radius 2 is 1.89 bits per heavy atom. The van der Waals surface area contributed by atoms with E-state index in [4.69, 9.17) is 4.98 Å². The molecule has 11 heteroatoms. The minimum Gasteiger partial charge on any atom is -0.350 e. The van der Waals surface area contributed by atoms with Crippen LogP contribution in [0.4, 0.5) is 11.6 Å². The number of anilines is 2. The SMILES string of the molecule is C=C/C(C#N)=C\C(=NC)N1CC(C)(C)c2c1ncnc2N1C[C@@H](C)N(C(=O)C2(C)CCS2(=O)=O)CC1C. The van der Waals surface area contributed by atoms with E-state index in [2.05, 4.69) is 41.4 Å². The zero-order valence-corrected chi connectivity index (χ0v) is 23.2. The number of hydrogen-bond acceptors (Lipinski definition) is 8. The normalized spacial score (nSPS) is 28.8. The Morgan fingerprint density at radius 1 is 1.22 bits per heavy atom. The fraction of sp³-hybridized carbons (Fsp3) is 0.577. The summed E-state index contributed by atoms with van der Waals surface area (Å²) in [5.41, 5.74) is 1.07. The molecular formula is C26H35N7O3S. The van der Waals surface area contributed by atoms with E-state index in [1.165, 1.54) is 12.4 Å². The molecule has 2 fully saturated rings. The predicted octanol–water partition coefficient (Wildman–Crippen LogP) is 2.24. The Balaban J connectivity index is 1.68. The highest BCUT2D eigenvalue weighted by molar-refractivity contribution is 7.95. The van der Waals surface area contributed by atoms with E-state index in [-0.39, 0.29) is 29.2 Å². The van der Waals surface area contributed by atoms with Crippen molar-refractivity contribution < 1.29 is 13.2 Å². The third-order valence-corrected chi connectivity index (χ3v) is 10.4. The van der Waals surface area contributed by atoms with Gasteiger partial charge in [0.05, 0.1) is 17.4 Å². The maximum absolute atomic E-state index is 13.3. The summed E-state index contributed by atoms with van der Waals surface area (Å²) in [5, 5.41) is 9.38. The number of sulfone groups is 1. The van der Waals surface area contributed by atoms with Crippen LogP contribution in [0.3, 0.4) is 0 Å². The first-order valence-corrected chi connectivity index (χ1v) is 14.1. The van der Waals surface area contributed by atoms with E-state index in [1.54, 1.807) is 24.9 Å². The lowest BCUT2D eigenvalue weighted by molar-refractivity contribution is -0.137. The Kier molecular flexibility index (Phi) is 6.69. The van der Waals surface area contributed by atoms with Crippen molar-refractivity contribution in [2.75, 3.05) is 42.2 Å². The molecule has 10 nitrogen and oxygen atoms in total. The van der Waals surface area contributed by atoms with Gasteiger partial charge in [0, 0.05) is 49.7 Å². The number of nitrogens with zero attached hydrogens (tertiary/aromatic N) is 7. The monoisotopic (exact) mass is 525 g/mol. The van der Waals surface area contributed by atoms with Crippen molar-refractivity contribution in [1.29, 1.82) is 5.26 Å². The fourth-order valence-electron chi connectivity index (χ4n) is 5.50. The first kappa shape index (κ1) is 26.8. The average Bonchev–Trinajstić information content (AvgIpc) is 3.15. The molecule has 0 radical (unpaired) electrons. The number of amidine groups is 1. The number of carbonyl (C=O) groups excluding carboxylic acids is 1. The zero-order valence-electron chi connectivity index (χ0n) is 22.4. The summed E-state index contributed by atoms with van der Waals surface area (Å²) in [6, 6.07) is 1.85. The molecule has 1 aromatic heterocycles. The summed E-state index contributed by atoms with van der Waals surface area (Å²) in [5.74, 6) is 1.91. The average molecular weight is 526 g/mol. The highest BCUT2D eigenvalue weighted by atomic mass is 32.2. The lowest BCUT2D eigenvalue weighted by atomic mass is 9.87. The number of amides is 1. The largest absolute Gasteiger partial charge is 0.350 e. The highest BCUT2D eigenvalue weighted by Crippen LogP contribution is 2.45. The molecular weight excluding hydrogens is 490 g/mol. The van der Waals surface area contributed by atoms with Gasteiger partial charge in [-0.2, -0.15) is 5.26 Å². The molecule has 0 aliphatic carbocycles. The fourth-order valence-corrected chi connectivity index (χ4v) is 7.03. The molecule has 0 N–H and O–H groups in total. The highest BCUT2D eigenvalue weighted by Gasteiger charge is 2.57. The number of rotatable bonds is 4. The van der Waals surface area contributed by atoms with Crippen LogP contribution in [-0.2, 0) is 20.0 Å². The van der Waals surface area contributed by atoms with Crippen molar-refractivity contribution in [3.05, 3.63) is 36.2 Å². The zero-order chi connectivity index (χ0) is 27.3. The lowest BCUT2D eigenvalue weighted by Crippen LogP contribution is -2.66. The number of allylic oxidation sites excluding steroid dienone is 2. The maximum atomic E-state index is 13.3. The number of nitriles is 1. The molecule has 3 aliphatic heterocycles. The molecule has 3 aliphatic rings. The smallest absolute Gasteiger partial charge is 0.244 e. The molecule has 0 bridgehead atoms. The van der Waals surface area contributed by atoms with Crippen molar-refractivity contribution in [2.45, 2.75) is 63.3 Å². The van der Waals surface area contributed by atoms with Gasteiger partial charge in [-0.05, 0) is 33.3 Å². The molecule has 3 atom stereocenters. The van der Waals surface area contributed by atoms with Crippen LogP contribution in [0.25, 0.3) is 0 Å². The van der Waals surface area contributed by atoms with Crippen molar-refractivity contribution in [3.8, 4) is 6.07 Å². The summed E-state index contributed by atoms with van der Waals surface area (Å²) in [4.78, 5) is 33.0. The van der Waals surface area contributed by atoms with Gasteiger partial charge in [0.2, 0.25) is 5.91 Å². The van der Waals surface area contributed by atoms with Crippen LogP contribution in [0.15, 0.2) is 35.6 Å². The Labute approximate surface area is 219 Å². The second kappa shape index (κ2) is 9.24. The van der Waals surface area contributed by atoms with Gasteiger partial charge < -0.3 is 14.7 Å². The van der Waals surface area contributed by atoms with Crippen LogP contribution < -0.4 is 9.80 Å². The number of aromatic nitrogens is 2. The molecule has 0 aromatic carbocycles. The lowest BCUT2D eigenvalue weighted by Gasteiger charge is -2.49. The summed E-state index contributed by atoms with van der Waals surface area (Å²) < 4.78 is 23.5. The van der Waals surface area contributed by atoms with Gasteiger partial charge in [-0.3, -0.25) is 9.79 Å². The molecule has 2 unspecified atom stereocenters. The van der Waals surface area contributed by atoms with Crippen molar-refractivity contribution in [1.82, 2.24) is 14.9 Å². The van der Waals surface area contributed by atoms with E-state index in [0.29, 0.717) is 37.5 Å². The van der Waals surface area contributed by atoms with E-state index < -0.39 is 14.6 Å². The molecule has 2 saturated heterocycles. The Bertz CT molecular complexity index is 1340. The van der Waals surface area contributed by atoms with E-state index in [1.807, 2.05) is 18.7 Å². The molecule has 0 saturated carbocycles. The van der Waals surface area contributed by atoms with Crippen molar-refractivity contribution in [3.63, 3.8) is 0 Å². The number of aliphatic imine (C=N–C) groups is 1.